The number of thiazole rings is 2. The number of rotatable bonds is 4. The van der Waals surface area contributed by atoms with Gasteiger partial charge in [-0.25, -0.2) is 18.7 Å². The van der Waals surface area contributed by atoms with Gasteiger partial charge in [-0.05, 0) is 38.8 Å². The molecule has 0 N–H and O–H groups in total. The van der Waals surface area contributed by atoms with Crippen LogP contribution in [0.25, 0.3) is 10.6 Å². The van der Waals surface area contributed by atoms with E-state index in [1.54, 1.807) is 39.8 Å². The number of alkyl halides is 2. The van der Waals surface area contributed by atoms with Crippen LogP contribution in [0, 0.1) is 13.8 Å². The minimum Gasteiger partial charge on any atom is -0.332 e. The third kappa shape index (κ3) is 4.01. The van der Waals surface area contributed by atoms with Gasteiger partial charge in [-0.1, -0.05) is 0 Å². The molecule has 0 unspecified atom stereocenters. The highest BCUT2D eigenvalue weighted by Gasteiger charge is 2.51. The van der Waals surface area contributed by atoms with Crippen LogP contribution in [0.3, 0.4) is 0 Å². The van der Waals surface area contributed by atoms with Crippen molar-refractivity contribution >= 4 is 28.6 Å². The number of pyridine rings is 1. The van der Waals surface area contributed by atoms with E-state index >= 15 is 0 Å². The molecule has 2 aliphatic rings. The molecule has 2 aliphatic heterocycles. The Hall–Kier alpha value is -2.26. The zero-order valence-corrected chi connectivity index (χ0v) is 18.9. The maximum atomic E-state index is 13.8. The highest BCUT2D eigenvalue weighted by Crippen LogP contribution is 2.44. The SMILES string of the molecule is Cc1nc(C)c(-c2csc(Cc3ccc(C(=O)N4[C@@H]5CC[C@H]4CC(F)(F)C5)cn3)n2)s1. The second-order valence-corrected chi connectivity index (χ2v) is 10.5. The van der Waals surface area contributed by atoms with Crippen molar-refractivity contribution in [1.82, 2.24) is 19.9 Å². The number of fused-ring (bicyclic) bond motifs is 2. The molecule has 0 aromatic carbocycles. The molecule has 162 valence electrons. The van der Waals surface area contributed by atoms with Crippen LogP contribution < -0.4 is 0 Å². The van der Waals surface area contributed by atoms with E-state index in [0.717, 1.165) is 32.0 Å². The number of nitrogens with zero attached hydrogens (tertiary/aromatic N) is 4. The van der Waals surface area contributed by atoms with Crippen molar-refractivity contribution in [2.45, 2.75) is 64.0 Å². The second-order valence-electron chi connectivity index (χ2n) is 8.35. The number of hydrogen-bond acceptors (Lipinski definition) is 6. The van der Waals surface area contributed by atoms with Crippen molar-refractivity contribution in [3.05, 3.63) is 50.7 Å². The highest BCUT2D eigenvalue weighted by molar-refractivity contribution is 7.15. The molecular formula is C22H22F2N4OS2. The Morgan fingerprint density at radius 2 is 1.94 bits per heavy atom. The van der Waals surface area contributed by atoms with Gasteiger partial charge in [0.1, 0.15) is 0 Å². The van der Waals surface area contributed by atoms with Gasteiger partial charge in [0.15, 0.2) is 0 Å². The Balaban J connectivity index is 1.28. The number of aromatic nitrogens is 3. The Morgan fingerprint density at radius 3 is 2.55 bits per heavy atom. The van der Waals surface area contributed by atoms with E-state index in [-0.39, 0.29) is 30.8 Å². The summed E-state index contributed by atoms with van der Waals surface area (Å²) in [5.74, 6) is -2.84. The van der Waals surface area contributed by atoms with Crippen molar-refractivity contribution in [3.8, 4) is 10.6 Å². The first-order chi connectivity index (χ1) is 14.8. The zero-order chi connectivity index (χ0) is 21.8. The molecule has 9 heteroatoms. The third-order valence-electron chi connectivity index (χ3n) is 6.01. The first-order valence-corrected chi connectivity index (χ1v) is 12.0. The number of piperidine rings is 1. The van der Waals surface area contributed by atoms with E-state index in [1.165, 1.54) is 0 Å². The Morgan fingerprint density at radius 1 is 1.19 bits per heavy atom. The number of halogens is 2. The van der Waals surface area contributed by atoms with Crippen molar-refractivity contribution in [2.24, 2.45) is 0 Å². The van der Waals surface area contributed by atoms with Gasteiger partial charge in [0.05, 0.1) is 31.8 Å². The molecule has 2 bridgehead atoms. The maximum absolute atomic E-state index is 13.8. The van der Waals surface area contributed by atoms with Crippen LogP contribution in [-0.2, 0) is 6.42 Å². The van der Waals surface area contributed by atoms with Crippen molar-refractivity contribution in [2.75, 3.05) is 0 Å². The van der Waals surface area contributed by atoms with Crippen LogP contribution >= 0.6 is 22.7 Å². The van der Waals surface area contributed by atoms with Crippen molar-refractivity contribution in [1.29, 1.82) is 0 Å². The smallest absolute Gasteiger partial charge is 0.255 e. The number of hydrogen-bond donors (Lipinski definition) is 0. The fraction of sp³-hybridized carbons (Fsp3) is 0.455. The zero-order valence-electron chi connectivity index (χ0n) is 17.3. The summed E-state index contributed by atoms with van der Waals surface area (Å²) in [6.07, 6.45) is 3.00. The van der Waals surface area contributed by atoms with Gasteiger partial charge in [0.2, 0.25) is 0 Å². The van der Waals surface area contributed by atoms with Crippen molar-refractivity contribution < 1.29 is 13.6 Å². The van der Waals surface area contributed by atoms with E-state index in [4.69, 9.17) is 4.98 Å². The molecule has 31 heavy (non-hydrogen) atoms. The summed E-state index contributed by atoms with van der Waals surface area (Å²) in [6, 6.07) is 2.85. The molecule has 5 rings (SSSR count). The molecule has 0 radical (unpaired) electrons. The topological polar surface area (TPSA) is 59.0 Å². The minimum atomic E-state index is -2.66. The lowest BCUT2D eigenvalue weighted by Crippen LogP contribution is -2.50. The van der Waals surface area contributed by atoms with E-state index < -0.39 is 5.92 Å². The van der Waals surface area contributed by atoms with Crippen molar-refractivity contribution in [3.63, 3.8) is 0 Å². The lowest BCUT2D eigenvalue weighted by molar-refractivity contribution is -0.0735. The van der Waals surface area contributed by atoms with Crippen LogP contribution in [0.4, 0.5) is 8.78 Å². The molecule has 2 atom stereocenters. The summed E-state index contributed by atoms with van der Waals surface area (Å²) >= 11 is 3.22. The van der Waals surface area contributed by atoms with Gasteiger partial charge in [0.25, 0.3) is 11.8 Å². The van der Waals surface area contributed by atoms with Gasteiger partial charge in [0, 0.05) is 48.6 Å². The average Bonchev–Trinajstić information content (AvgIpc) is 3.38. The molecule has 0 spiro atoms. The van der Waals surface area contributed by atoms with Crippen LogP contribution in [-0.4, -0.2) is 43.8 Å². The number of carbonyl (C=O) groups is 1. The first kappa shape index (κ1) is 20.6. The molecule has 5 nitrogen and oxygen atoms in total. The second kappa shape index (κ2) is 7.70. The van der Waals surface area contributed by atoms with Crippen LogP contribution in [0.15, 0.2) is 23.7 Å². The van der Waals surface area contributed by atoms with Gasteiger partial charge in [-0.15, -0.1) is 22.7 Å². The predicted octanol–water partition coefficient (Wildman–Crippen LogP) is 5.27. The van der Waals surface area contributed by atoms with E-state index in [0.29, 0.717) is 24.8 Å². The van der Waals surface area contributed by atoms with E-state index in [9.17, 15) is 13.6 Å². The monoisotopic (exact) mass is 460 g/mol. The Bertz CT molecular complexity index is 1110. The number of carbonyl (C=O) groups excluding carboxylic acids is 1. The number of aryl methyl sites for hydroxylation is 2. The molecular weight excluding hydrogens is 438 g/mol. The third-order valence-corrected chi connectivity index (χ3v) is 7.96. The fourth-order valence-corrected chi connectivity index (χ4v) is 6.45. The summed E-state index contributed by atoms with van der Waals surface area (Å²) in [6.45, 7) is 3.98. The normalized spacial score (nSPS) is 22.1. The fourth-order valence-electron chi connectivity index (χ4n) is 4.69. The molecule has 5 heterocycles. The van der Waals surface area contributed by atoms with Crippen LogP contribution in [0.5, 0.6) is 0 Å². The lowest BCUT2D eigenvalue weighted by Gasteiger charge is -2.38. The van der Waals surface area contributed by atoms with Gasteiger partial charge in [-0.3, -0.25) is 9.78 Å². The summed E-state index contributed by atoms with van der Waals surface area (Å²) in [5.41, 5.74) is 3.21. The molecule has 2 fully saturated rings. The maximum Gasteiger partial charge on any atom is 0.255 e. The van der Waals surface area contributed by atoms with Gasteiger partial charge >= 0.3 is 0 Å². The molecule has 0 saturated carbocycles. The minimum absolute atomic E-state index is 0.186. The quantitative estimate of drug-likeness (QED) is 0.532. The molecule has 0 aliphatic carbocycles. The molecule has 2 saturated heterocycles. The average molecular weight is 461 g/mol. The summed E-state index contributed by atoms with van der Waals surface area (Å²) < 4.78 is 27.6. The molecule has 3 aromatic rings. The van der Waals surface area contributed by atoms with Gasteiger partial charge in [-0.2, -0.15) is 0 Å². The van der Waals surface area contributed by atoms with Crippen LogP contribution in [0.2, 0.25) is 0 Å². The summed E-state index contributed by atoms with van der Waals surface area (Å²) in [4.78, 5) is 29.4. The van der Waals surface area contributed by atoms with Crippen LogP contribution in [0.1, 0.15) is 57.4 Å². The standard InChI is InChI=1S/C22H22F2N4OS2/c1-12-20(31-13(2)26-12)18-11-30-19(27-18)7-15-4-3-14(10-25-15)21(29)28-16-5-6-17(28)9-22(23,24)8-16/h3-4,10-11,16-17H,5-9H2,1-2H3/t16-,17+. The Kier molecular flexibility index (Phi) is 5.13. The molecule has 1 amide bonds. The first-order valence-electron chi connectivity index (χ1n) is 10.3. The van der Waals surface area contributed by atoms with E-state index in [1.807, 2.05) is 25.3 Å². The van der Waals surface area contributed by atoms with Gasteiger partial charge < -0.3 is 4.90 Å². The summed E-state index contributed by atoms with van der Waals surface area (Å²) in [7, 11) is 0. The number of amides is 1. The highest BCUT2D eigenvalue weighted by atomic mass is 32.1. The largest absolute Gasteiger partial charge is 0.332 e. The summed E-state index contributed by atoms with van der Waals surface area (Å²) in [5, 5.41) is 4.01. The Labute approximate surface area is 187 Å². The van der Waals surface area contributed by atoms with E-state index in [2.05, 4.69) is 9.97 Å². The molecule has 3 aromatic heterocycles. The lowest BCUT2D eigenvalue weighted by atomic mass is 9.98. The predicted molar refractivity (Wildman–Crippen MR) is 117 cm³/mol.